The monoisotopic (exact) mass is 487 g/mol. The SMILES string of the molecule is C=Cc1ccc(COC(=O)/C(=C/C=C2\Oc3ccccc3N2CC)S(=O)(=O)c2ccccc2)cc1. The second kappa shape index (κ2) is 10.4. The standard InChI is InChI=1S/C28H25NO5S/c1-3-21-14-16-22(17-15-21)20-33-28(30)26(35(31,32)23-10-6-5-7-11-23)18-19-27-29(4-2)24-12-8-9-13-25(24)34-27/h3,5-19H,1,4,20H2,2H3/b26-18-,27-19-. The fraction of sp³-hybridized carbons (Fsp3) is 0.107. The number of allylic oxidation sites excluding steroid dienone is 2. The average Bonchev–Trinajstić information content (AvgIpc) is 3.25. The molecule has 0 bridgehead atoms. The molecule has 1 heterocycles. The zero-order valence-electron chi connectivity index (χ0n) is 19.3. The maximum atomic E-state index is 13.4. The van der Waals surface area contributed by atoms with Crippen molar-refractivity contribution in [2.45, 2.75) is 18.4 Å². The second-order valence-electron chi connectivity index (χ2n) is 7.69. The lowest BCUT2D eigenvalue weighted by Gasteiger charge is -2.15. The van der Waals surface area contributed by atoms with Crippen LogP contribution in [0.25, 0.3) is 6.08 Å². The van der Waals surface area contributed by atoms with E-state index in [1.165, 1.54) is 24.3 Å². The summed E-state index contributed by atoms with van der Waals surface area (Å²) in [6, 6.07) is 22.6. The first kappa shape index (κ1) is 24.0. The molecule has 7 heteroatoms. The fourth-order valence-corrected chi connectivity index (χ4v) is 4.91. The normalized spacial score (nSPS) is 14.4. The van der Waals surface area contributed by atoms with Gasteiger partial charge in [0.15, 0.2) is 10.7 Å². The molecule has 35 heavy (non-hydrogen) atoms. The van der Waals surface area contributed by atoms with Crippen LogP contribution in [0.3, 0.4) is 0 Å². The van der Waals surface area contributed by atoms with Crippen LogP contribution in [0.5, 0.6) is 5.75 Å². The molecule has 0 saturated carbocycles. The van der Waals surface area contributed by atoms with Crippen molar-refractivity contribution < 1.29 is 22.7 Å². The van der Waals surface area contributed by atoms with E-state index < -0.39 is 20.7 Å². The van der Waals surface area contributed by atoms with Crippen LogP contribution in [0.2, 0.25) is 0 Å². The van der Waals surface area contributed by atoms with E-state index >= 15 is 0 Å². The Balaban J connectivity index is 1.66. The van der Waals surface area contributed by atoms with Gasteiger partial charge >= 0.3 is 5.97 Å². The Hall–Kier alpha value is -4.10. The number of nitrogens with zero attached hydrogens (tertiary/aromatic N) is 1. The lowest BCUT2D eigenvalue weighted by Crippen LogP contribution is -2.20. The van der Waals surface area contributed by atoms with E-state index in [0.29, 0.717) is 18.2 Å². The second-order valence-corrected chi connectivity index (χ2v) is 9.61. The summed E-state index contributed by atoms with van der Waals surface area (Å²) in [5.41, 5.74) is 2.52. The van der Waals surface area contributed by atoms with Crippen molar-refractivity contribution in [3.05, 3.63) is 120 Å². The minimum Gasteiger partial charge on any atom is -0.457 e. The topological polar surface area (TPSA) is 72.9 Å². The van der Waals surface area contributed by atoms with Crippen molar-refractivity contribution in [2.24, 2.45) is 0 Å². The van der Waals surface area contributed by atoms with Gasteiger partial charge < -0.3 is 14.4 Å². The Labute approximate surface area is 205 Å². The summed E-state index contributed by atoms with van der Waals surface area (Å²) in [5, 5.41) is 0. The van der Waals surface area contributed by atoms with Gasteiger partial charge in [0.2, 0.25) is 15.7 Å². The number of fused-ring (bicyclic) bond motifs is 1. The lowest BCUT2D eigenvalue weighted by molar-refractivity contribution is -0.139. The van der Waals surface area contributed by atoms with Crippen LogP contribution < -0.4 is 9.64 Å². The van der Waals surface area contributed by atoms with Gasteiger partial charge in [-0.3, -0.25) is 0 Å². The largest absolute Gasteiger partial charge is 0.457 e. The van der Waals surface area contributed by atoms with Gasteiger partial charge in [-0.1, -0.05) is 67.3 Å². The highest BCUT2D eigenvalue weighted by Crippen LogP contribution is 2.38. The molecule has 0 aliphatic carbocycles. The first-order chi connectivity index (χ1) is 16.9. The van der Waals surface area contributed by atoms with E-state index in [-0.39, 0.29) is 11.5 Å². The fourth-order valence-electron chi connectivity index (χ4n) is 3.61. The highest BCUT2D eigenvalue weighted by Gasteiger charge is 2.29. The number of esters is 1. The van der Waals surface area contributed by atoms with Crippen LogP contribution >= 0.6 is 0 Å². The van der Waals surface area contributed by atoms with Crippen LogP contribution in [-0.2, 0) is 26.0 Å². The third-order valence-electron chi connectivity index (χ3n) is 5.46. The Morgan fingerprint density at radius 3 is 2.37 bits per heavy atom. The van der Waals surface area contributed by atoms with Gasteiger partial charge in [0, 0.05) is 12.6 Å². The molecule has 3 aromatic rings. The third-order valence-corrected chi connectivity index (χ3v) is 7.23. The van der Waals surface area contributed by atoms with E-state index in [9.17, 15) is 13.2 Å². The molecule has 3 aromatic carbocycles. The molecule has 4 rings (SSSR count). The van der Waals surface area contributed by atoms with Crippen LogP contribution in [0, 0.1) is 0 Å². The molecule has 0 unspecified atom stereocenters. The summed E-state index contributed by atoms with van der Waals surface area (Å²) in [6.07, 6.45) is 4.44. The number of sulfone groups is 1. The number of hydrogen-bond acceptors (Lipinski definition) is 6. The van der Waals surface area contributed by atoms with Gasteiger partial charge in [-0.15, -0.1) is 0 Å². The zero-order valence-corrected chi connectivity index (χ0v) is 20.1. The summed E-state index contributed by atoms with van der Waals surface area (Å²) >= 11 is 0. The molecule has 0 N–H and O–H groups in total. The van der Waals surface area contributed by atoms with Gasteiger partial charge in [-0.2, -0.15) is 0 Å². The van der Waals surface area contributed by atoms with E-state index in [1.807, 2.05) is 48.2 Å². The number of anilines is 1. The summed E-state index contributed by atoms with van der Waals surface area (Å²) in [6.45, 7) is 6.20. The quantitative estimate of drug-likeness (QED) is 0.309. The zero-order chi connectivity index (χ0) is 24.8. The van der Waals surface area contributed by atoms with E-state index in [1.54, 1.807) is 36.4 Å². The average molecular weight is 488 g/mol. The molecule has 0 atom stereocenters. The predicted octanol–water partition coefficient (Wildman–Crippen LogP) is 5.49. The Kier molecular flexibility index (Phi) is 7.17. The number of ether oxygens (including phenoxy) is 2. The van der Waals surface area contributed by atoms with E-state index in [4.69, 9.17) is 9.47 Å². The third kappa shape index (κ3) is 5.20. The highest BCUT2D eigenvalue weighted by molar-refractivity contribution is 7.96. The molecular formula is C28H25NO5S. The smallest absolute Gasteiger partial charge is 0.350 e. The number of benzene rings is 3. The number of para-hydroxylation sites is 2. The van der Waals surface area contributed by atoms with Gasteiger partial charge in [-0.25, -0.2) is 13.2 Å². The van der Waals surface area contributed by atoms with Crippen LogP contribution in [0.15, 0.2) is 113 Å². The molecule has 0 fully saturated rings. The maximum Gasteiger partial charge on any atom is 0.350 e. The van der Waals surface area contributed by atoms with Crippen LogP contribution in [0.1, 0.15) is 18.1 Å². The molecule has 1 aliphatic rings. The number of hydrogen-bond donors (Lipinski definition) is 0. The lowest BCUT2D eigenvalue weighted by atomic mass is 10.1. The molecule has 178 valence electrons. The molecule has 6 nitrogen and oxygen atoms in total. The highest BCUT2D eigenvalue weighted by atomic mass is 32.2. The van der Waals surface area contributed by atoms with Gasteiger partial charge in [0.25, 0.3) is 0 Å². The van der Waals surface area contributed by atoms with Crippen LogP contribution in [-0.4, -0.2) is 20.9 Å². The first-order valence-electron chi connectivity index (χ1n) is 11.1. The minimum atomic E-state index is -4.14. The Morgan fingerprint density at radius 1 is 1.00 bits per heavy atom. The summed E-state index contributed by atoms with van der Waals surface area (Å²) < 4.78 is 38.1. The molecule has 0 saturated heterocycles. The predicted molar refractivity (Wildman–Crippen MR) is 136 cm³/mol. The van der Waals surface area contributed by atoms with Crippen molar-refractivity contribution in [1.29, 1.82) is 0 Å². The number of carbonyl (C=O) groups excluding carboxylic acids is 1. The Bertz CT molecular complexity index is 1390. The molecule has 0 radical (unpaired) electrons. The molecule has 1 aliphatic heterocycles. The minimum absolute atomic E-state index is 0.0000834. The van der Waals surface area contributed by atoms with Crippen molar-refractivity contribution in [1.82, 2.24) is 0 Å². The molecule has 0 amide bonds. The summed E-state index contributed by atoms with van der Waals surface area (Å²) in [7, 11) is -4.14. The summed E-state index contributed by atoms with van der Waals surface area (Å²) in [4.78, 5) is 14.5. The van der Waals surface area contributed by atoms with Gasteiger partial charge in [-0.05, 0) is 48.4 Å². The van der Waals surface area contributed by atoms with E-state index in [0.717, 1.165) is 16.8 Å². The van der Waals surface area contributed by atoms with Gasteiger partial charge in [0.1, 0.15) is 6.61 Å². The summed E-state index contributed by atoms with van der Waals surface area (Å²) in [5.74, 6) is 0.131. The first-order valence-corrected chi connectivity index (χ1v) is 12.6. The molecule has 0 aromatic heterocycles. The van der Waals surface area contributed by atoms with Crippen molar-refractivity contribution in [2.75, 3.05) is 11.4 Å². The van der Waals surface area contributed by atoms with Crippen LogP contribution in [0.4, 0.5) is 5.69 Å². The number of rotatable bonds is 8. The van der Waals surface area contributed by atoms with Gasteiger partial charge in [0.05, 0.1) is 10.6 Å². The molecule has 0 spiro atoms. The van der Waals surface area contributed by atoms with Crippen molar-refractivity contribution in [3.8, 4) is 5.75 Å². The van der Waals surface area contributed by atoms with Crippen molar-refractivity contribution >= 4 is 27.6 Å². The van der Waals surface area contributed by atoms with E-state index in [2.05, 4.69) is 6.58 Å². The molecular weight excluding hydrogens is 462 g/mol. The Morgan fingerprint density at radius 2 is 1.69 bits per heavy atom. The van der Waals surface area contributed by atoms with Crippen molar-refractivity contribution in [3.63, 3.8) is 0 Å². The maximum absolute atomic E-state index is 13.4. The number of carbonyl (C=O) groups is 1.